The minimum absolute atomic E-state index is 0.0957. The first-order valence-electron chi connectivity index (χ1n) is 5.14. The predicted octanol–water partition coefficient (Wildman–Crippen LogP) is 1.64. The zero-order valence-corrected chi connectivity index (χ0v) is 8.97. The second kappa shape index (κ2) is 4.69. The highest BCUT2D eigenvalue weighted by Crippen LogP contribution is 2.20. The number of fused-ring (bicyclic) bond motifs is 1. The number of carbonyl (C=O) groups is 2. The Hall–Kier alpha value is -2.30. The second-order valence-electron chi connectivity index (χ2n) is 3.55. The van der Waals surface area contributed by atoms with Crippen LogP contribution in [0.15, 0.2) is 34.9 Å². The molecule has 2 N–H and O–H groups in total. The molecule has 0 spiro atoms. The van der Waals surface area contributed by atoms with Gasteiger partial charge in [-0.25, -0.2) is 0 Å². The molecule has 2 rings (SSSR count). The van der Waals surface area contributed by atoms with Gasteiger partial charge in [0, 0.05) is 11.9 Å². The van der Waals surface area contributed by atoms with Gasteiger partial charge in [0.25, 0.3) is 5.91 Å². The molecule has 1 aromatic carbocycles. The molecule has 88 valence electrons. The highest BCUT2D eigenvalue weighted by atomic mass is 16.4. The summed E-state index contributed by atoms with van der Waals surface area (Å²) in [7, 11) is 0. The molecular weight excluding hydrogens is 222 g/mol. The van der Waals surface area contributed by atoms with Crippen LogP contribution in [-0.2, 0) is 4.79 Å². The number of hydrogen-bond acceptors (Lipinski definition) is 3. The molecule has 0 aliphatic heterocycles. The van der Waals surface area contributed by atoms with Crippen LogP contribution in [0.4, 0.5) is 0 Å². The largest absolute Gasteiger partial charge is 0.481 e. The van der Waals surface area contributed by atoms with E-state index in [2.05, 4.69) is 5.32 Å². The molecule has 0 aliphatic carbocycles. The lowest BCUT2D eigenvalue weighted by atomic mass is 10.1. The Labute approximate surface area is 97.0 Å². The summed E-state index contributed by atoms with van der Waals surface area (Å²) in [6.07, 6.45) is 1.28. The third kappa shape index (κ3) is 2.44. The van der Waals surface area contributed by atoms with E-state index in [0.29, 0.717) is 11.1 Å². The van der Waals surface area contributed by atoms with E-state index in [4.69, 9.17) is 9.52 Å². The molecule has 1 aromatic heterocycles. The van der Waals surface area contributed by atoms with Crippen LogP contribution in [-0.4, -0.2) is 23.5 Å². The summed E-state index contributed by atoms with van der Waals surface area (Å²) in [6, 6.07) is 7.18. The van der Waals surface area contributed by atoms with E-state index >= 15 is 0 Å². The van der Waals surface area contributed by atoms with Crippen molar-refractivity contribution in [2.24, 2.45) is 0 Å². The first-order chi connectivity index (χ1) is 8.18. The number of carboxylic acids is 1. The lowest BCUT2D eigenvalue weighted by Crippen LogP contribution is -2.25. The van der Waals surface area contributed by atoms with Crippen LogP contribution in [0, 0.1) is 0 Å². The van der Waals surface area contributed by atoms with Crippen molar-refractivity contribution in [1.29, 1.82) is 0 Å². The summed E-state index contributed by atoms with van der Waals surface area (Å²) < 4.78 is 5.22. The van der Waals surface area contributed by atoms with Gasteiger partial charge in [-0.3, -0.25) is 9.59 Å². The smallest absolute Gasteiger partial charge is 0.305 e. The standard InChI is InChI=1S/C12H11NO4/c14-11(15)5-6-13-12(16)9-7-17-10-4-2-1-3-8(9)10/h1-4,7H,5-6H2,(H,13,16)(H,14,15). The molecule has 0 radical (unpaired) electrons. The van der Waals surface area contributed by atoms with Crippen LogP contribution in [0.1, 0.15) is 16.8 Å². The molecule has 0 aliphatic rings. The zero-order chi connectivity index (χ0) is 12.3. The van der Waals surface area contributed by atoms with Crippen molar-refractivity contribution >= 4 is 22.8 Å². The van der Waals surface area contributed by atoms with Crippen LogP contribution in [0.2, 0.25) is 0 Å². The molecule has 5 nitrogen and oxygen atoms in total. The maximum Gasteiger partial charge on any atom is 0.305 e. The molecule has 0 fully saturated rings. The topological polar surface area (TPSA) is 79.5 Å². The Morgan fingerprint density at radius 1 is 1.29 bits per heavy atom. The maximum absolute atomic E-state index is 11.7. The summed E-state index contributed by atoms with van der Waals surface area (Å²) in [5.74, 6) is -1.27. The normalized spacial score (nSPS) is 10.4. The second-order valence-corrected chi connectivity index (χ2v) is 3.55. The average molecular weight is 233 g/mol. The van der Waals surface area contributed by atoms with Crippen molar-refractivity contribution < 1.29 is 19.1 Å². The Morgan fingerprint density at radius 2 is 2.06 bits per heavy atom. The van der Waals surface area contributed by atoms with Gasteiger partial charge in [-0.05, 0) is 6.07 Å². The van der Waals surface area contributed by atoms with Gasteiger partial charge < -0.3 is 14.8 Å². The highest BCUT2D eigenvalue weighted by molar-refractivity contribution is 6.05. The first-order valence-corrected chi connectivity index (χ1v) is 5.14. The Balaban J connectivity index is 2.11. The van der Waals surface area contributed by atoms with Gasteiger partial charge in [-0.2, -0.15) is 0 Å². The summed E-state index contributed by atoms with van der Waals surface area (Å²) in [5, 5.41) is 11.7. The van der Waals surface area contributed by atoms with Gasteiger partial charge in [-0.15, -0.1) is 0 Å². The van der Waals surface area contributed by atoms with E-state index in [9.17, 15) is 9.59 Å². The third-order valence-corrected chi connectivity index (χ3v) is 2.35. The van der Waals surface area contributed by atoms with E-state index < -0.39 is 5.97 Å². The quantitative estimate of drug-likeness (QED) is 0.841. The Kier molecular flexibility index (Phi) is 3.09. The van der Waals surface area contributed by atoms with Crippen molar-refractivity contribution in [1.82, 2.24) is 5.32 Å². The lowest BCUT2D eigenvalue weighted by molar-refractivity contribution is -0.136. The zero-order valence-electron chi connectivity index (χ0n) is 8.97. The minimum atomic E-state index is -0.942. The molecule has 0 saturated heterocycles. The number of aliphatic carboxylic acids is 1. The van der Waals surface area contributed by atoms with Crippen molar-refractivity contribution in [3.8, 4) is 0 Å². The Bertz CT molecular complexity index is 558. The van der Waals surface area contributed by atoms with E-state index in [-0.39, 0.29) is 18.9 Å². The number of rotatable bonds is 4. The van der Waals surface area contributed by atoms with Crippen LogP contribution in [0.25, 0.3) is 11.0 Å². The molecule has 0 unspecified atom stereocenters. The molecule has 2 aromatic rings. The van der Waals surface area contributed by atoms with Crippen LogP contribution in [0.5, 0.6) is 0 Å². The number of para-hydroxylation sites is 1. The molecule has 5 heteroatoms. The van der Waals surface area contributed by atoms with E-state index in [1.54, 1.807) is 12.1 Å². The van der Waals surface area contributed by atoms with Crippen LogP contribution < -0.4 is 5.32 Å². The first kappa shape index (κ1) is 11.2. The maximum atomic E-state index is 11.7. The molecule has 1 amide bonds. The monoisotopic (exact) mass is 233 g/mol. The average Bonchev–Trinajstić information content (AvgIpc) is 2.72. The number of amides is 1. The summed E-state index contributed by atoms with van der Waals surface area (Å²) in [4.78, 5) is 22.0. The number of benzene rings is 1. The number of carboxylic acid groups (broad SMARTS) is 1. The van der Waals surface area contributed by atoms with Gasteiger partial charge in [0.2, 0.25) is 0 Å². The fourth-order valence-electron chi connectivity index (χ4n) is 1.53. The van der Waals surface area contributed by atoms with E-state index in [1.807, 2.05) is 12.1 Å². The van der Waals surface area contributed by atoms with Gasteiger partial charge in [0.05, 0.1) is 12.0 Å². The van der Waals surface area contributed by atoms with Crippen molar-refractivity contribution in [2.45, 2.75) is 6.42 Å². The summed E-state index contributed by atoms with van der Waals surface area (Å²) in [6.45, 7) is 0.105. The molecule has 1 heterocycles. The van der Waals surface area contributed by atoms with Crippen molar-refractivity contribution in [3.05, 3.63) is 36.1 Å². The number of carbonyl (C=O) groups excluding carboxylic acids is 1. The molecule has 17 heavy (non-hydrogen) atoms. The molecule has 0 saturated carbocycles. The summed E-state index contributed by atoms with van der Waals surface area (Å²) in [5.41, 5.74) is 1.06. The van der Waals surface area contributed by atoms with Crippen molar-refractivity contribution in [2.75, 3.05) is 6.54 Å². The summed E-state index contributed by atoms with van der Waals surface area (Å²) >= 11 is 0. The third-order valence-electron chi connectivity index (χ3n) is 2.35. The number of nitrogens with one attached hydrogen (secondary N) is 1. The highest BCUT2D eigenvalue weighted by Gasteiger charge is 2.12. The van der Waals surface area contributed by atoms with Crippen LogP contribution in [0.3, 0.4) is 0 Å². The van der Waals surface area contributed by atoms with Gasteiger partial charge in [0.1, 0.15) is 11.8 Å². The molecule has 0 atom stereocenters. The lowest BCUT2D eigenvalue weighted by Gasteiger charge is -2.00. The van der Waals surface area contributed by atoms with Gasteiger partial charge in [-0.1, -0.05) is 18.2 Å². The molecule has 0 bridgehead atoms. The van der Waals surface area contributed by atoms with Crippen LogP contribution >= 0.6 is 0 Å². The van der Waals surface area contributed by atoms with Crippen molar-refractivity contribution in [3.63, 3.8) is 0 Å². The van der Waals surface area contributed by atoms with Gasteiger partial charge >= 0.3 is 5.97 Å². The Morgan fingerprint density at radius 3 is 2.82 bits per heavy atom. The number of furan rings is 1. The number of hydrogen-bond donors (Lipinski definition) is 2. The minimum Gasteiger partial charge on any atom is -0.481 e. The predicted molar refractivity (Wildman–Crippen MR) is 60.8 cm³/mol. The van der Waals surface area contributed by atoms with E-state index in [0.717, 1.165) is 5.39 Å². The van der Waals surface area contributed by atoms with E-state index in [1.165, 1.54) is 6.26 Å². The van der Waals surface area contributed by atoms with Gasteiger partial charge in [0.15, 0.2) is 0 Å². The fourth-order valence-corrected chi connectivity index (χ4v) is 1.53. The fraction of sp³-hybridized carbons (Fsp3) is 0.167. The SMILES string of the molecule is O=C(O)CCNC(=O)c1coc2ccccc12. The molecular formula is C12H11NO4.